The fourth-order valence-electron chi connectivity index (χ4n) is 3.06. The smallest absolute Gasteiger partial charge is 0.324 e. The Balaban J connectivity index is 1.61. The molecular formula is C15H19N3O4. The van der Waals surface area contributed by atoms with Crippen LogP contribution in [0.5, 0.6) is 11.5 Å². The third kappa shape index (κ3) is 2.85. The van der Waals surface area contributed by atoms with E-state index in [0.717, 1.165) is 13.0 Å². The fourth-order valence-corrected chi connectivity index (χ4v) is 3.06. The maximum absolute atomic E-state index is 12.2. The zero-order valence-corrected chi connectivity index (χ0v) is 12.1. The highest BCUT2D eigenvalue weighted by atomic mass is 16.3. The molecule has 118 valence electrons. The van der Waals surface area contributed by atoms with Crippen LogP contribution in [0.3, 0.4) is 0 Å². The minimum absolute atomic E-state index is 0.115. The molecule has 0 spiro atoms. The highest BCUT2D eigenvalue weighted by molar-refractivity contribution is 5.96. The number of phenolic OH excluding ortho intramolecular Hbond substituents is 2. The van der Waals surface area contributed by atoms with Crippen LogP contribution in [0, 0.1) is 11.8 Å². The Bertz CT molecular complexity index is 604. The summed E-state index contributed by atoms with van der Waals surface area (Å²) >= 11 is 0. The highest BCUT2D eigenvalue weighted by Gasteiger charge is 2.39. The number of carbonyl (C=O) groups excluding carboxylic acids is 2. The van der Waals surface area contributed by atoms with E-state index in [-0.39, 0.29) is 29.9 Å². The Hall–Kier alpha value is -2.28. The van der Waals surface area contributed by atoms with Crippen molar-refractivity contribution >= 4 is 11.9 Å². The summed E-state index contributed by atoms with van der Waals surface area (Å²) in [4.78, 5) is 25.8. The molecule has 2 fully saturated rings. The van der Waals surface area contributed by atoms with E-state index < -0.39 is 6.03 Å². The molecule has 0 aromatic heterocycles. The number of rotatable bonds is 2. The fraction of sp³-hybridized carbons (Fsp3) is 0.467. The van der Waals surface area contributed by atoms with E-state index in [2.05, 4.69) is 10.6 Å². The first kappa shape index (κ1) is 14.6. The van der Waals surface area contributed by atoms with Crippen LogP contribution >= 0.6 is 0 Å². The van der Waals surface area contributed by atoms with Crippen LogP contribution in [0.2, 0.25) is 0 Å². The summed E-state index contributed by atoms with van der Waals surface area (Å²) in [5.41, 5.74) is 0.648. The highest BCUT2D eigenvalue weighted by Crippen LogP contribution is 2.26. The zero-order chi connectivity index (χ0) is 15.7. The number of piperidine rings is 2. The summed E-state index contributed by atoms with van der Waals surface area (Å²) in [6, 6.07) is 3.94. The molecule has 2 saturated heterocycles. The molecule has 1 aromatic rings. The quantitative estimate of drug-likeness (QED) is 0.592. The second kappa shape index (κ2) is 5.84. The summed E-state index contributed by atoms with van der Waals surface area (Å²) in [5.74, 6) is -0.367. The Morgan fingerprint density at radius 2 is 2.14 bits per heavy atom. The van der Waals surface area contributed by atoms with Crippen molar-refractivity contribution in [2.45, 2.75) is 13.0 Å². The van der Waals surface area contributed by atoms with Crippen molar-refractivity contribution in [3.05, 3.63) is 23.8 Å². The first-order chi connectivity index (χ1) is 10.5. The van der Waals surface area contributed by atoms with Gasteiger partial charge in [0.25, 0.3) is 0 Å². The van der Waals surface area contributed by atoms with Crippen molar-refractivity contribution in [3.63, 3.8) is 0 Å². The van der Waals surface area contributed by atoms with Crippen molar-refractivity contribution in [2.24, 2.45) is 11.8 Å². The molecule has 0 aliphatic carbocycles. The second-order valence-corrected chi connectivity index (χ2v) is 5.89. The summed E-state index contributed by atoms with van der Waals surface area (Å²) in [6.45, 7) is 2.09. The zero-order valence-electron chi connectivity index (χ0n) is 12.1. The molecule has 2 unspecified atom stereocenters. The summed E-state index contributed by atoms with van der Waals surface area (Å²) in [7, 11) is 0. The Labute approximate surface area is 127 Å². The number of likely N-dealkylation sites (tertiary alicyclic amines) is 1. The third-order valence-electron chi connectivity index (χ3n) is 4.23. The molecule has 2 aliphatic rings. The maximum Gasteiger partial charge on any atom is 0.324 e. The molecule has 2 atom stereocenters. The van der Waals surface area contributed by atoms with E-state index in [1.54, 1.807) is 6.07 Å². The van der Waals surface area contributed by atoms with Crippen molar-refractivity contribution in [3.8, 4) is 11.5 Å². The van der Waals surface area contributed by atoms with Gasteiger partial charge in [0.05, 0.1) is 5.92 Å². The van der Waals surface area contributed by atoms with E-state index in [1.165, 1.54) is 17.0 Å². The number of benzene rings is 1. The summed E-state index contributed by atoms with van der Waals surface area (Å²) in [5, 5.41) is 24.6. The second-order valence-electron chi connectivity index (χ2n) is 5.89. The molecule has 1 aromatic carbocycles. The van der Waals surface area contributed by atoms with E-state index in [9.17, 15) is 19.8 Å². The van der Waals surface area contributed by atoms with E-state index >= 15 is 0 Å². The summed E-state index contributed by atoms with van der Waals surface area (Å²) < 4.78 is 0. The number of urea groups is 1. The van der Waals surface area contributed by atoms with E-state index in [4.69, 9.17) is 0 Å². The normalized spacial score (nSPS) is 24.2. The topological polar surface area (TPSA) is 102 Å². The molecule has 0 saturated carbocycles. The average molecular weight is 305 g/mol. The third-order valence-corrected chi connectivity index (χ3v) is 4.23. The Morgan fingerprint density at radius 3 is 2.91 bits per heavy atom. The summed E-state index contributed by atoms with van der Waals surface area (Å²) in [6.07, 6.45) is 0.849. The average Bonchev–Trinajstić information content (AvgIpc) is 2.52. The minimum Gasteiger partial charge on any atom is -0.504 e. The lowest BCUT2D eigenvalue weighted by molar-refractivity contribution is -0.137. The molecule has 0 radical (unpaired) electrons. The van der Waals surface area contributed by atoms with Gasteiger partial charge in [0, 0.05) is 19.6 Å². The molecule has 2 heterocycles. The van der Waals surface area contributed by atoms with Crippen LogP contribution in [0.25, 0.3) is 0 Å². The van der Waals surface area contributed by atoms with Crippen molar-refractivity contribution < 1.29 is 19.8 Å². The Morgan fingerprint density at radius 1 is 1.32 bits per heavy atom. The minimum atomic E-state index is -0.408. The predicted octanol–water partition coefficient (Wildman–Crippen LogP) is 0.375. The number of fused-ring (bicyclic) bond motifs is 2. The number of carbonyl (C=O) groups is 2. The monoisotopic (exact) mass is 305 g/mol. The lowest BCUT2D eigenvalue weighted by Crippen LogP contribution is -2.58. The predicted molar refractivity (Wildman–Crippen MR) is 78.2 cm³/mol. The van der Waals surface area contributed by atoms with Crippen LogP contribution in [0.15, 0.2) is 18.2 Å². The molecule has 7 heteroatoms. The van der Waals surface area contributed by atoms with E-state index in [1.807, 2.05) is 0 Å². The number of phenols is 2. The molecule has 7 nitrogen and oxygen atoms in total. The van der Waals surface area contributed by atoms with Gasteiger partial charge < -0.3 is 20.8 Å². The number of nitrogens with one attached hydrogen (secondary N) is 2. The van der Waals surface area contributed by atoms with Gasteiger partial charge in [-0.3, -0.25) is 9.69 Å². The van der Waals surface area contributed by atoms with Gasteiger partial charge >= 0.3 is 6.03 Å². The lowest BCUT2D eigenvalue weighted by atomic mass is 9.85. The van der Waals surface area contributed by atoms with Gasteiger partial charge in [-0.1, -0.05) is 6.07 Å². The van der Waals surface area contributed by atoms with Gasteiger partial charge in [0.1, 0.15) is 0 Å². The van der Waals surface area contributed by atoms with Gasteiger partial charge in [0.2, 0.25) is 5.91 Å². The van der Waals surface area contributed by atoms with Crippen LogP contribution in [-0.2, 0) is 11.3 Å². The SMILES string of the molecule is O=C(NCc1ccc(O)c(O)c1)N1CC2CNCC(C2)C1=O. The first-order valence-corrected chi connectivity index (χ1v) is 7.35. The molecular weight excluding hydrogens is 286 g/mol. The standard InChI is InChI=1S/C15H19N3O4/c19-12-2-1-9(4-13(12)20)6-17-15(22)18-8-10-3-11(14(18)21)7-16-5-10/h1-2,4,10-11,16,19-20H,3,5-8H2,(H,17,22). The van der Waals surface area contributed by atoms with E-state index in [0.29, 0.717) is 24.6 Å². The number of hydrogen-bond donors (Lipinski definition) is 4. The molecule has 22 heavy (non-hydrogen) atoms. The Kier molecular flexibility index (Phi) is 3.89. The molecule has 2 aliphatic heterocycles. The first-order valence-electron chi connectivity index (χ1n) is 7.35. The van der Waals surface area contributed by atoms with Crippen molar-refractivity contribution in [1.29, 1.82) is 0 Å². The van der Waals surface area contributed by atoms with Gasteiger partial charge in [-0.2, -0.15) is 0 Å². The molecule has 4 N–H and O–H groups in total. The van der Waals surface area contributed by atoms with Crippen molar-refractivity contribution in [1.82, 2.24) is 15.5 Å². The molecule has 3 amide bonds. The number of imide groups is 1. The molecule has 2 bridgehead atoms. The van der Waals surface area contributed by atoms with Crippen molar-refractivity contribution in [2.75, 3.05) is 19.6 Å². The van der Waals surface area contributed by atoms with Crippen LogP contribution < -0.4 is 10.6 Å². The maximum atomic E-state index is 12.2. The largest absolute Gasteiger partial charge is 0.504 e. The number of hydrogen-bond acceptors (Lipinski definition) is 5. The van der Waals surface area contributed by atoms with Gasteiger partial charge in [-0.05, 0) is 36.6 Å². The van der Waals surface area contributed by atoms with Gasteiger partial charge in [-0.15, -0.1) is 0 Å². The number of aromatic hydroxyl groups is 2. The lowest BCUT2D eigenvalue weighted by Gasteiger charge is -2.39. The van der Waals surface area contributed by atoms with Gasteiger partial charge in [0.15, 0.2) is 11.5 Å². The van der Waals surface area contributed by atoms with Gasteiger partial charge in [-0.25, -0.2) is 4.79 Å². The van der Waals surface area contributed by atoms with Crippen LogP contribution in [0.1, 0.15) is 12.0 Å². The number of amides is 3. The molecule has 3 rings (SSSR count). The van der Waals surface area contributed by atoms with Crippen LogP contribution in [-0.4, -0.2) is 46.7 Å². The number of nitrogens with zero attached hydrogens (tertiary/aromatic N) is 1. The van der Waals surface area contributed by atoms with Crippen LogP contribution in [0.4, 0.5) is 4.79 Å².